The largest absolute Gasteiger partial charge is 0.497 e. The van der Waals surface area contributed by atoms with E-state index in [4.69, 9.17) is 9.47 Å². The summed E-state index contributed by atoms with van der Waals surface area (Å²) in [6.45, 7) is 5.58. The van der Waals surface area contributed by atoms with Gasteiger partial charge in [0, 0.05) is 17.9 Å². The third-order valence-corrected chi connectivity index (χ3v) is 4.86. The second kappa shape index (κ2) is 10.1. The molecular formula is C23H29N3O3. The second-order valence-corrected chi connectivity index (χ2v) is 7.42. The first-order chi connectivity index (χ1) is 14.0. The van der Waals surface area contributed by atoms with Gasteiger partial charge in [0.2, 0.25) is 5.96 Å². The van der Waals surface area contributed by atoms with E-state index in [9.17, 15) is 4.79 Å². The molecule has 1 atom stereocenters. The average molecular weight is 396 g/mol. The highest BCUT2D eigenvalue weighted by Gasteiger charge is 2.16. The van der Waals surface area contributed by atoms with Crippen LogP contribution in [0.4, 0.5) is 5.69 Å². The molecule has 6 nitrogen and oxygen atoms in total. The molecule has 2 aromatic carbocycles. The van der Waals surface area contributed by atoms with Crippen LogP contribution >= 0.6 is 0 Å². The summed E-state index contributed by atoms with van der Waals surface area (Å²) in [5.41, 5.74) is 2.60. The number of hydrogen-bond donors (Lipinski definition) is 2. The Morgan fingerprint density at radius 1 is 1.24 bits per heavy atom. The molecule has 3 rings (SSSR count). The summed E-state index contributed by atoms with van der Waals surface area (Å²) < 4.78 is 10.9. The van der Waals surface area contributed by atoms with Crippen LogP contribution in [-0.4, -0.2) is 38.2 Å². The lowest BCUT2D eigenvalue weighted by molar-refractivity contribution is 0.0975. The maximum Gasteiger partial charge on any atom is 0.258 e. The van der Waals surface area contributed by atoms with Crippen LogP contribution in [0.3, 0.4) is 0 Å². The number of anilines is 1. The predicted molar refractivity (Wildman–Crippen MR) is 116 cm³/mol. The molecule has 1 fully saturated rings. The lowest BCUT2D eigenvalue weighted by Gasteiger charge is -2.15. The van der Waals surface area contributed by atoms with Crippen molar-refractivity contribution in [3.63, 3.8) is 0 Å². The number of hydrogen-bond acceptors (Lipinski definition) is 4. The maximum atomic E-state index is 12.8. The minimum atomic E-state index is -0.248. The van der Waals surface area contributed by atoms with Gasteiger partial charge in [0.25, 0.3) is 5.91 Å². The van der Waals surface area contributed by atoms with E-state index in [1.807, 2.05) is 12.1 Å². The van der Waals surface area contributed by atoms with Crippen molar-refractivity contribution in [2.45, 2.75) is 38.7 Å². The van der Waals surface area contributed by atoms with Crippen LogP contribution in [-0.2, 0) is 4.74 Å². The fourth-order valence-electron chi connectivity index (χ4n) is 3.15. The quantitative estimate of drug-likeness (QED) is 0.568. The first kappa shape index (κ1) is 20.9. The standard InChI is InChI=1S/C23H29N3O3/c1-16(2)17-7-4-9-19(13-17)25-23(24-15-21-11-6-12-29-21)26-22(27)18-8-5-10-20(14-18)28-3/h4-5,7-10,13-14,16,21H,6,11-12,15H2,1-3H3,(H2,24,25,26,27)/t21-/m1/s1. The number of nitrogens with zero attached hydrogens (tertiary/aromatic N) is 1. The summed E-state index contributed by atoms with van der Waals surface area (Å²) in [7, 11) is 1.58. The Morgan fingerprint density at radius 3 is 2.79 bits per heavy atom. The van der Waals surface area contributed by atoms with Crippen LogP contribution in [0.15, 0.2) is 53.5 Å². The predicted octanol–water partition coefficient (Wildman–Crippen LogP) is 4.20. The monoisotopic (exact) mass is 395 g/mol. The van der Waals surface area contributed by atoms with Crippen molar-refractivity contribution < 1.29 is 14.3 Å². The molecule has 2 N–H and O–H groups in total. The van der Waals surface area contributed by atoms with Gasteiger partial charge in [-0.3, -0.25) is 10.1 Å². The summed E-state index contributed by atoms with van der Waals surface area (Å²) in [6, 6.07) is 15.2. The summed E-state index contributed by atoms with van der Waals surface area (Å²) in [4.78, 5) is 17.4. The Morgan fingerprint density at radius 2 is 2.07 bits per heavy atom. The molecule has 1 amide bonds. The molecule has 1 saturated heterocycles. The summed E-state index contributed by atoms with van der Waals surface area (Å²) in [6.07, 6.45) is 2.14. The van der Waals surface area contributed by atoms with Crippen molar-refractivity contribution in [2.24, 2.45) is 4.99 Å². The first-order valence-electron chi connectivity index (χ1n) is 10.0. The number of aliphatic imine (C=N–C) groups is 1. The van der Waals surface area contributed by atoms with Gasteiger partial charge in [-0.05, 0) is 54.7 Å². The SMILES string of the molecule is COc1cccc(C(=O)NC(=NC[C@H]2CCCO2)Nc2cccc(C(C)C)c2)c1. The molecule has 0 radical (unpaired) electrons. The number of ether oxygens (including phenoxy) is 2. The minimum absolute atomic E-state index is 0.0996. The van der Waals surface area contributed by atoms with Crippen molar-refractivity contribution in [3.05, 3.63) is 59.7 Å². The number of methoxy groups -OCH3 is 1. The second-order valence-electron chi connectivity index (χ2n) is 7.42. The minimum Gasteiger partial charge on any atom is -0.497 e. The lowest BCUT2D eigenvalue weighted by Crippen LogP contribution is -2.36. The molecule has 1 aliphatic heterocycles. The highest BCUT2D eigenvalue weighted by molar-refractivity contribution is 6.10. The van der Waals surface area contributed by atoms with Gasteiger partial charge in [-0.1, -0.05) is 32.0 Å². The van der Waals surface area contributed by atoms with E-state index >= 15 is 0 Å². The Balaban J connectivity index is 1.77. The van der Waals surface area contributed by atoms with Crippen molar-refractivity contribution in [1.29, 1.82) is 0 Å². The number of rotatable bonds is 6. The number of amides is 1. The molecular weight excluding hydrogens is 366 g/mol. The van der Waals surface area contributed by atoms with E-state index in [0.717, 1.165) is 25.1 Å². The fraction of sp³-hybridized carbons (Fsp3) is 0.391. The number of nitrogens with one attached hydrogen (secondary N) is 2. The van der Waals surface area contributed by atoms with Gasteiger partial charge in [-0.2, -0.15) is 0 Å². The third kappa shape index (κ3) is 6.06. The molecule has 29 heavy (non-hydrogen) atoms. The Kier molecular flexibility index (Phi) is 7.25. The summed E-state index contributed by atoms with van der Waals surface area (Å²) in [5.74, 6) is 1.21. The molecule has 0 unspecified atom stereocenters. The van der Waals surface area contributed by atoms with Gasteiger partial charge in [0.1, 0.15) is 5.75 Å². The molecule has 0 bridgehead atoms. The van der Waals surface area contributed by atoms with Crippen LogP contribution in [0.25, 0.3) is 0 Å². The zero-order valence-electron chi connectivity index (χ0n) is 17.3. The third-order valence-electron chi connectivity index (χ3n) is 4.86. The van der Waals surface area contributed by atoms with Crippen LogP contribution < -0.4 is 15.4 Å². The van der Waals surface area contributed by atoms with Crippen molar-refractivity contribution in [3.8, 4) is 5.75 Å². The molecule has 6 heteroatoms. The summed E-state index contributed by atoms with van der Waals surface area (Å²) >= 11 is 0. The van der Waals surface area contributed by atoms with Gasteiger partial charge < -0.3 is 14.8 Å². The van der Waals surface area contributed by atoms with Crippen LogP contribution in [0.1, 0.15) is 48.5 Å². The van der Waals surface area contributed by atoms with Gasteiger partial charge in [0.15, 0.2) is 0 Å². The Hall–Kier alpha value is -2.86. The highest BCUT2D eigenvalue weighted by Crippen LogP contribution is 2.19. The molecule has 0 spiro atoms. The number of carbonyl (C=O) groups is 1. The smallest absolute Gasteiger partial charge is 0.258 e. The van der Waals surface area contributed by atoms with Crippen LogP contribution in [0.2, 0.25) is 0 Å². The lowest BCUT2D eigenvalue weighted by atomic mass is 10.0. The summed E-state index contributed by atoms with van der Waals surface area (Å²) in [5, 5.41) is 6.15. The Labute approximate surface area is 172 Å². The highest BCUT2D eigenvalue weighted by atomic mass is 16.5. The van der Waals surface area contributed by atoms with Crippen molar-refractivity contribution in [2.75, 3.05) is 25.6 Å². The van der Waals surface area contributed by atoms with E-state index in [0.29, 0.717) is 29.7 Å². The average Bonchev–Trinajstić information content (AvgIpc) is 3.26. The van der Waals surface area contributed by atoms with E-state index in [2.05, 4.69) is 41.6 Å². The van der Waals surface area contributed by atoms with Crippen molar-refractivity contribution >= 4 is 17.6 Å². The van der Waals surface area contributed by atoms with Gasteiger partial charge >= 0.3 is 0 Å². The zero-order chi connectivity index (χ0) is 20.6. The molecule has 154 valence electrons. The van der Waals surface area contributed by atoms with E-state index in [1.54, 1.807) is 31.4 Å². The number of carbonyl (C=O) groups excluding carboxylic acids is 1. The normalized spacial score (nSPS) is 16.7. The topological polar surface area (TPSA) is 72.0 Å². The van der Waals surface area contributed by atoms with E-state index in [-0.39, 0.29) is 12.0 Å². The van der Waals surface area contributed by atoms with Crippen LogP contribution in [0, 0.1) is 0 Å². The van der Waals surface area contributed by atoms with E-state index < -0.39 is 0 Å². The number of guanidine groups is 1. The zero-order valence-corrected chi connectivity index (χ0v) is 17.3. The fourth-order valence-corrected chi connectivity index (χ4v) is 3.15. The molecule has 0 aliphatic carbocycles. The van der Waals surface area contributed by atoms with Gasteiger partial charge in [-0.15, -0.1) is 0 Å². The molecule has 0 aromatic heterocycles. The van der Waals surface area contributed by atoms with Gasteiger partial charge in [-0.25, -0.2) is 4.99 Å². The first-order valence-corrected chi connectivity index (χ1v) is 10.0. The van der Waals surface area contributed by atoms with Gasteiger partial charge in [0.05, 0.1) is 19.8 Å². The van der Waals surface area contributed by atoms with Crippen LogP contribution in [0.5, 0.6) is 5.75 Å². The Bertz CT molecular complexity index is 858. The van der Waals surface area contributed by atoms with E-state index in [1.165, 1.54) is 5.56 Å². The molecule has 1 aliphatic rings. The molecule has 1 heterocycles. The molecule has 2 aromatic rings. The maximum absolute atomic E-state index is 12.8. The van der Waals surface area contributed by atoms with Crippen molar-refractivity contribution in [1.82, 2.24) is 5.32 Å². The number of benzene rings is 2. The molecule has 0 saturated carbocycles.